The summed E-state index contributed by atoms with van der Waals surface area (Å²) in [5.41, 5.74) is 0.204. The van der Waals surface area contributed by atoms with Gasteiger partial charge in [0.25, 0.3) is 0 Å². The predicted molar refractivity (Wildman–Crippen MR) is 67.6 cm³/mol. The fourth-order valence-corrected chi connectivity index (χ4v) is 1.98. The van der Waals surface area contributed by atoms with E-state index in [1.807, 2.05) is 0 Å². The highest BCUT2D eigenvalue weighted by Crippen LogP contribution is 2.26. The Morgan fingerprint density at radius 1 is 1.67 bits per heavy atom. The van der Waals surface area contributed by atoms with Crippen LogP contribution in [0.4, 0.5) is 0 Å². The van der Waals surface area contributed by atoms with E-state index < -0.39 is 5.97 Å². The molecule has 0 saturated heterocycles. The Labute approximate surface area is 107 Å². The first-order valence-electron chi connectivity index (χ1n) is 6.31. The van der Waals surface area contributed by atoms with Crippen molar-refractivity contribution in [3.8, 4) is 0 Å². The van der Waals surface area contributed by atoms with Crippen LogP contribution in [0.2, 0.25) is 0 Å². The van der Waals surface area contributed by atoms with Crippen LogP contribution >= 0.6 is 0 Å². The summed E-state index contributed by atoms with van der Waals surface area (Å²) in [7, 11) is 2.15. The summed E-state index contributed by atoms with van der Waals surface area (Å²) in [6, 6.07) is 2.79. The summed E-state index contributed by atoms with van der Waals surface area (Å²) in [5, 5.41) is 12.1. The van der Waals surface area contributed by atoms with Crippen LogP contribution in [-0.4, -0.2) is 41.7 Å². The molecule has 5 heteroatoms. The quantitative estimate of drug-likeness (QED) is 0.770. The second kappa shape index (κ2) is 5.54. The molecule has 5 nitrogen and oxygen atoms in total. The molecule has 0 spiro atoms. The number of furan rings is 1. The summed E-state index contributed by atoms with van der Waals surface area (Å²) in [6.45, 7) is 3.63. The van der Waals surface area contributed by atoms with Crippen LogP contribution in [0.25, 0.3) is 0 Å². The van der Waals surface area contributed by atoms with Crippen LogP contribution in [0, 0.1) is 0 Å². The lowest BCUT2D eigenvalue weighted by Gasteiger charge is -2.24. The molecule has 100 valence electrons. The molecule has 0 aliphatic heterocycles. The fourth-order valence-electron chi connectivity index (χ4n) is 1.98. The number of hydrogen-bond donors (Lipinski definition) is 2. The lowest BCUT2D eigenvalue weighted by atomic mass is 10.2. The van der Waals surface area contributed by atoms with Gasteiger partial charge < -0.3 is 14.8 Å². The minimum atomic E-state index is -0.952. The minimum absolute atomic E-state index is 0.204. The summed E-state index contributed by atoms with van der Waals surface area (Å²) in [6.07, 6.45) is 3.89. The van der Waals surface area contributed by atoms with Gasteiger partial charge in [0.2, 0.25) is 0 Å². The van der Waals surface area contributed by atoms with E-state index in [4.69, 9.17) is 9.52 Å². The maximum absolute atomic E-state index is 10.7. The zero-order valence-electron chi connectivity index (χ0n) is 10.8. The molecule has 0 bridgehead atoms. The van der Waals surface area contributed by atoms with E-state index in [2.05, 4.69) is 24.2 Å². The van der Waals surface area contributed by atoms with Crippen molar-refractivity contribution in [2.75, 3.05) is 13.6 Å². The molecule has 1 heterocycles. The standard InChI is InChI=1S/C13H20N2O3/c1-9(15(2)11-3-4-11)6-14-7-12-5-10(8-18-12)13(16)17/h5,8-9,11,14H,3-4,6-7H2,1-2H3,(H,16,17). The summed E-state index contributed by atoms with van der Waals surface area (Å²) in [4.78, 5) is 13.1. The van der Waals surface area contributed by atoms with Gasteiger partial charge in [-0.3, -0.25) is 4.90 Å². The first-order valence-corrected chi connectivity index (χ1v) is 6.31. The molecule has 1 aliphatic rings. The normalized spacial score (nSPS) is 17.1. The highest BCUT2D eigenvalue weighted by molar-refractivity contribution is 5.87. The van der Waals surface area contributed by atoms with Crippen LogP contribution < -0.4 is 5.32 Å². The largest absolute Gasteiger partial charge is 0.478 e. The van der Waals surface area contributed by atoms with Crippen molar-refractivity contribution in [1.29, 1.82) is 0 Å². The van der Waals surface area contributed by atoms with Crippen molar-refractivity contribution in [3.05, 3.63) is 23.7 Å². The third-order valence-corrected chi connectivity index (χ3v) is 3.46. The number of nitrogens with zero attached hydrogens (tertiary/aromatic N) is 1. The Morgan fingerprint density at radius 2 is 2.39 bits per heavy atom. The third kappa shape index (κ3) is 3.34. The van der Waals surface area contributed by atoms with E-state index in [-0.39, 0.29) is 5.56 Å². The van der Waals surface area contributed by atoms with Crippen molar-refractivity contribution in [2.45, 2.75) is 38.4 Å². The molecule has 1 aromatic heterocycles. The van der Waals surface area contributed by atoms with Crippen LogP contribution in [0.3, 0.4) is 0 Å². The van der Waals surface area contributed by atoms with Gasteiger partial charge in [-0.15, -0.1) is 0 Å². The molecule has 1 aromatic rings. The molecule has 0 aromatic carbocycles. The molecular formula is C13H20N2O3. The summed E-state index contributed by atoms with van der Waals surface area (Å²) >= 11 is 0. The molecule has 1 saturated carbocycles. The first kappa shape index (κ1) is 13.1. The van der Waals surface area contributed by atoms with Gasteiger partial charge >= 0.3 is 5.97 Å². The topological polar surface area (TPSA) is 65.7 Å². The van der Waals surface area contributed by atoms with Gasteiger partial charge in [0.15, 0.2) is 0 Å². The number of carbonyl (C=O) groups is 1. The molecule has 1 atom stereocenters. The smallest absolute Gasteiger partial charge is 0.338 e. The molecule has 18 heavy (non-hydrogen) atoms. The number of hydrogen-bond acceptors (Lipinski definition) is 4. The van der Waals surface area contributed by atoms with Crippen molar-refractivity contribution in [1.82, 2.24) is 10.2 Å². The molecule has 2 rings (SSSR count). The number of rotatable bonds is 7. The lowest BCUT2D eigenvalue weighted by molar-refractivity contribution is 0.0696. The van der Waals surface area contributed by atoms with Gasteiger partial charge in [-0.2, -0.15) is 0 Å². The Hall–Kier alpha value is -1.33. The minimum Gasteiger partial charge on any atom is -0.478 e. The van der Waals surface area contributed by atoms with Crippen molar-refractivity contribution >= 4 is 5.97 Å². The molecule has 1 unspecified atom stereocenters. The zero-order chi connectivity index (χ0) is 13.1. The number of carboxylic acids is 1. The van der Waals surface area contributed by atoms with Crippen molar-refractivity contribution in [2.24, 2.45) is 0 Å². The van der Waals surface area contributed by atoms with Gasteiger partial charge in [-0.25, -0.2) is 4.79 Å². The summed E-state index contributed by atoms with van der Waals surface area (Å²) < 4.78 is 5.17. The molecule has 0 radical (unpaired) electrons. The van der Waals surface area contributed by atoms with E-state index in [0.29, 0.717) is 18.3 Å². The summed E-state index contributed by atoms with van der Waals surface area (Å²) in [5.74, 6) is -0.291. The zero-order valence-corrected chi connectivity index (χ0v) is 10.8. The average molecular weight is 252 g/mol. The van der Waals surface area contributed by atoms with Crippen LogP contribution in [0.15, 0.2) is 16.7 Å². The average Bonchev–Trinajstić information content (AvgIpc) is 3.07. The first-order chi connectivity index (χ1) is 8.58. The Bertz CT molecular complexity index is 412. The SMILES string of the molecule is CC(CNCc1cc(C(=O)O)co1)N(C)C1CC1. The maximum atomic E-state index is 10.7. The predicted octanol–water partition coefficient (Wildman–Crippen LogP) is 1.55. The van der Waals surface area contributed by atoms with Gasteiger partial charge in [0, 0.05) is 18.6 Å². The number of aromatic carboxylic acids is 1. The van der Waals surface area contributed by atoms with Crippen LogP contribution in [0.1, 0.15) is 35.9 Å². The van der Waals surface area contributed by atoms with Crippen LogP contribution in [-0.2, 0) is 6.54 Å². The van der Waals surface area contributed by atoms with Crippen molar-refractivity contribution in [3.63, 3.8) is 0 Å². The van der Waals surface area contributed by atoms with E-state index in [9.17, 15) is 4.79 Å². The maximum Gasteiger partial charge on any atom is 0.338 e. The monoisotopic (exact) mass is 252 g/mol. The second-order valence-corrected chi connectivity index (χ2v) is 4.98. The molecule has 1 aliphatic carbocycles. The molecule has 2 N–H and O–H groups in total. The van der Waals surface area contributed by atoms with Gasteiger partial charge in [0.05, 0.1) is 12.1 Å². The van der Waals surface area contributed by atoms with E-state index in [1.54, 1.807) is 6.07 Å². The Balaban J connectivity index is 1.72. The number of likely N-dealkylation sites (N-methyl/N-ethyl adjacent to an activating group) is 1. The second-order valence-electron chi connectivity index (χ2n) is 4.98. The Kier molecular flexibility index (Phi) is 4.04. The van der Waals surface area contributed by atoms with Gasteiger partial charge in [-0.1, -0.05) is 0 Å². The molecular weight excluding hydrogens is 232 g/mol. The van der Waals surface area contributed by atoms with E-state index in [1.165, 1.54) is 19.1 Å². The van der Waals surface area contributed by atoms with E-state index >= 15 is 0 Å². The van der Waals surface area contributed by atoms with Gasteiger partial charge in [0.1, 0.15) is 12.0 Å². The van der Waals surface area contributed by atoms with Crippen LogP contribution in [0.5, 0.6) is 0 Å². The van der Waals surface area contributed by atoms with E-state index in [0.717, 1.165) is 12.6 Å². The number of carboxylic acid groups (broad SMARTS) is 1. The fraction of sp³-hybridized carbons (Fsp3) is 0.615. The van der Waals surface area contributed by atoms with Gasteiger partial charge in [-0.05, 0) is 32.9 Å². The third-order valence-electron chi connectivity index (χ3n) is 3.46. The molecule has 0 amide bonds. The molecule has 1 fully saturated rings. The highest BCUT2D eigenvalue weighted by atomic mass is 16.4. The number of nitrogens with one attached hydrogen (secondary N) is 1. The lowest BCUT2D eigenvalue weighted by Crippen LogP contribution is -2.38. The highest BCUT2D eigenvalue weighted by Gasteiger charge is 2.28. The Morgan fingerprint density at radius 3 is 2.94 bits per heavy atom. The van der Waals surface area contributed by atoms with Crippen molar-refractivity contribution < 1.29 is 14.3 Å².